The molecule has 0 aliphatic rings. The zero-order valence-corrected chi connectivity index (χ0v) is 16.6. The first kappa shape index (κ1) is 20.0. The highest BCUT2D eigenvalue weighted by molar-refractivity contribution is 7.17. The van der Waals surface area contributed by atoms with E-state index in [-0.39, 0.29) is 13.2 Å². The van der Waals surface area contributed by atoms with E-state index >= 15 is 0 Å². The maximum absolute atomic E-state index is 12.3. The van der Waals surface area contributed by atoms with Gasteiger partial charge in [-0.25, -0.2) is 4.98 Å². The van der Waals surface area contributed by atoms with Gasteiger partial charge in [-0.2, -0.15) is 0 Å². The summed E-state index contributed by atoms with van der Waals surface area (Å²) < 4.78 is 5.33. The molecule has 28 heavy (non-hydrogen) atoms. The summed E-state index contributed by atoms with van der Waals surface area (Å²) in [5.41, 5.74) is 7.06. The molecule has 2 aromatic carbocycles. The molecule has 0 spiro atoms. The number of nitrogens with zero attached hydrogens (tertiary/aromatic N) is 1. The molecule has 0 aliphatic carbocycles. The van der Waals surface area contributed by atoms with Crippen molar-refractivity contribution in [1.82, 2.24) is 15.8 Å². The number of carbonyl (C=O) groups is 2. The summed E-state index contributed by atoms with van der Waals surface area (Å²) in [5, 5.41) is 1.32. The Labute approximate surface area is 171 Å². The largest absolute Gasteiger partial charge is 0.367 e. The van der Waals surface area contributed by atoms with Crippen LogP contribution in [0.5, 0.6) is 0 Å². The fraction of sp³-hybridized carbons (Fsp3) is 0.150. The first-order valence-electron chi connectivity index (χ1n) is 8.48. The van der Waals surface area contributed by atoms with E-state index in [0.717, 1.165) is 16.1 Å². The summed E-state index contributed by atoms with van der Waals surface area (Å²) in [6.45, 7) is 1.75. The van der Waals surface area contributed by atoms with Crippen molar-refractivity contribution < 1.29 is 14.3 Å². The van der Waals surface area contributed by atoms with Crippen LogP contribution in [-0.4, -0.2) is 23.4 Å². The smallest absolute Gasteiger partial charge is 0.281 e. The summed E-state index contributed by atoms with van der Waals surface area (Å²) in [5.74, 6) is -0.887. The summed E-state index contributed by atoms with van der Waals surface area (Å²) in [6, 6.07) is 16.8. The van der Waals surface area contributed by atoms with Gasteiger partial charge in [0.05, 0.1) is 12.3 Å². The molecule has 1 aromatic heterocycles. The second-order valence-corrected chi connectivity index (χ2v) is 7.29. The Hall–Kier alpha value is -2.74. The SMILES string of the molecule is Cc1nc(-c2ccccc2)sc1C(=O)NNC(=O)COCc1ccccc1Cl. The van der Waals surface area contributed by atoms with Crippen LogP contribution in [0.3, 0.4) is 0 Å². The van der Waals surface area contributed by atoms with Crippen molar-refractivity contribution in [2.45, 2.75) is 13.5 Å². The first-order valence-corrected chi connectivity index (χ1v) is 9.67. The normalized spacial score (nSPS) is 10.5. The molecule has 144 valence electrons. The van der Waals surface area contributed by atoms with Crippen LogP contribution in [0.1, 0.15) is 20.9 Å². The average molecular weight is 416 g/mol. The van der Waals surface area contributed by atoms with Gasteiger partial charge in [-0.05, 0) is 18.6 Å². The Bertz CT molecular complexity index is 976. The van der Waals surface area contributed by atoms with Crippen molar-refractivity contribution in [2.24, 2.45) is 0 Å². The highest BCUT2D eigenvalue weighted by Crippen LogP contribution is 2.27. The summed E-state index contributed by atoms with van der Waals surface area (Å²) in [4.78, 5) is 29.1. The number of aryl methyl sites for hydroxylation is 1. The van der Waals surface area contributed by atoms with E-state index in [1.54, 1.807) is 13.0 Å². The van der Waals surface area contributed by atoms with Crippen molar-refractivity contribution in [3.63, 3.8) is 0 Å². The highest BCUT2D eigenvalue weighted by atomic mass is 35.5. The van der Waals surface area contributed by atoms with Gasteiger partial charge in [-0.1, -0.05) is 60.1 Å². The maximum Gasteiger partial charge on any atom is 0.281 e. The fourth-order valence-electron chi connectivity index (χ4n) is 2.40. The molecule has 0 unspecified atom stereocenters. The minimum atomic E-state index is -0.467. The van der Waals surface area contributed by atoms with Crippen LogP contribution in [0.25, 0.3) is 10.6 Å². The molecule has 0 bridgehead atoms. The highest BCUT2D eigenvalue weighted by Gasteiger charge is 2.16. The number of thiazole rings is 1. The van der Waals surface area contributed by atoms with E-state index in [4.69, 9.17) is 16.3 Å². The monoisotopic (exact) mass is 415 g/mol. The number of hydrazine groups is 1. The zero-order chi connectivity index (χ0) is 19.9. The number of benzene rings is 2. The maximum atomic E-state index is 12.3. The van der Waals surface area contributed by atoms with Gasteiger partial charge in [-0.3, -0.25) is 20.4 Å². The minimum Gasteiger partial charge on any atom is -0.367 e. The molecule has 1 heterocycles. The number of ether oxygens (including phenoxy) is 1. The van der Waals surface area contributed by atoms with Crippen LogP contribution in [0.4, 0.5) is 0 Å². The summed E-state index contributed by atoms with van der Waals surface area (Å²) >= 11 is 7.30. The second-order valence-electron chi connectivity index (χ2n) is 5.89. The average Bonchev–Trinajstić information content (AvgIpc) is 3.10. The lowest BCUT2D eigenvalue weighted by atomic mass is 10.2. The number of carbonyl (C=O) groups excluding carboxylic acids is 2. The molecule has 0 atom stereocenters. The molecule has 0 aliphatic heterocycles. The predicted molar refractivity (Wildman–Crippen MR) is 109 cm³/mol. The lowest BCUT2D eigenvalue weighted by molar-refractivity contribution is -0.126. The first-order chi connectivity index (χ1) is 13.5. The number of hydrogen-bond acceptors (Lipinski definition) is 5. The molecule has 0 saturated heterocycles. The summed E-state index contributed by atoms with van der Waals surface area (Å²) in [6.07, 6.45) is 0. The molecule has 0 fully saturated rings. The predicted octanol–water partition coefficient (Wildman–Crippen LogP) is 3.75. The van der Waals surface area contributed by atoms with E-state index in [1.807, 2.05) is 48.5 Å². The topological polar surface area (TPSA) is 80.3 Å². The van der Waals surface area contributed by atoms with Crippen LogP contribution >= 0.6 is 22.9 Å². The lowest BCUT2D eigenvalue weighted by Gasteiger charge is -2.08. The fourth-order valence-corrected chi connectivity index (χ4v) is 3.56. The van der Waals surface area contributed by atoms with Gasteiger partial charge in [-0.15, -0.1) is 11.3 Å². The van der Waals surface area contributed by atoms with E-state index in [1.165, 1.54) is 11.3 Å². The quantitative estimate of drug-likeness (QED) is 0.601. The molecular weight excluding hydrogens is 398 g/mol. The van der Waals surface area contributed by atoms with Crippen molar-refractivity contribution in [3.05, 3.63) is 75.8 Å². The van der Waals surface area contributed by atoms with Crippen LogP contribution in [0.15, 0.2) is 54.6 Å². The Morgan fingerprint density at radius 2 is 1.79 bits per heavy atom. The number of rotatable bonds is 6. The van der Waals surface area contributed by atoms with Gasteiger partial charge >= 0.3 is 0 Å². The Morgan fingerprint density at radius 1 is 1.07 bits per heavy atom. The third-order valence-corrected chi connectivity index (χ3v) is 5.36. The van der Waals surface area contributed by atoms with Gasteiger partial charge < -0.3 is 4.74 Å². The molecule has 0 radical (unpaired) electrons. The molecule has 8 heteroatoms. The third-order valence-electron chi connectivity index (χ3n) is 3.79. The Balaban J connectivity index is 1.49. The Morgan fingerprint density at radius 3 is 2.54 bits per heavy atom. The number of halogens is 1. The molecule has 3 aromatic rings. The van der Waals surface area contributed by atoms with Crippen LogP contribution in [0, 0.1) is 6.92 Å². The second kappa shape index (κ2) is 9.45. The van der Waals surface area contributed by atoms with E-state index < -0.39 is 11.8 Å². The van der Waals surface area contributed by atoms with Crippen LogP contribution in [-0.2, 0) is 16.1 Å². The number of amides is 2. The van der Waals surface area contributed by atoms with E-state index in [9.17, 15) is 9.59 Å². The van der Waals surface area contributed by atoms with Gasteiger partial charge in [0.15, 0.2) is 0 Å². The zero-order valence-electron chi connectivity index (χ0n) is 15.1. The van der Waals surface area contributed by atoms with Crippen LogP contribution in [0.2, 0.25) is 5.02 Å². The van der Waals surface area contributed by atoms with Crippen molar-refractivity contribution in [3.8, 4) is 10.6 Å². The van der Waals surface area contributed by atoms with E-state index in [0.29, 0.717) is 15.6 Å². The number of nitrogens with one attached hydrogen (secondary N) is 2. The van der Waals surface area contributed by atoms with Crippen molar-refractivity contribution in [1.29, 1.82) is 0 Å². The molecule has 6 nitrogen and oxygen atoms in total. The summed E-state index contributed by atoms with van der Waals surface area (Å²) in [7, 11) is 0. The van der Waals surface area contributed by atoms with Gasteiger partial charge in [0, 0.05) is 10.6 Å². The standard InChI is InChI=1S/C20H18ClN3O3S/c1-13-18(28-20(22-13)14-7-3-2-4-8-14)19(26)24-23-17(25)12-27-11-15-9-5-6-10-16(15)21/h2-10H,11-12H2,1H3,(H,23,25)(H,24,26). The van der Waals surface area contributed by atoms with Gasteiger partial charge in [0.2, 0.25) is 0 Å². The number of aromatic nitrogens is 1. The van der Waals surface area contributed by atoms with Gasteiger partial charge in [0.25, 0.3) is 11.8 Å². The minimum absolute atomic E-state index is 0.204. The molecule has 2 N–H and O–H groups in total. The molecule has 2 amide bonds. The van der Waals surface area contributed by atoms with Crippen molar-refractivity contribution in [2.75, 3.05) is 6.61 Å². The molecule has 3 rings (SSSR count). The third kappa shape index (κ3) is 5.16. The lowest BCUT2D eigenvalue weighted by Crippen LogP contribution is -2.43. The van der Waals surface area contributed by atoms with E-state index in [2.05, 4.69) is 15.8 Å². The van der Waals surface area contributed by atoms with Crippen molar-refractivity contribution >= 4 is 34.8 Å². The number of hydrogen-bond donors (Lipinski definition) is 2. The molecule has 0 saturated carbocycles. The van der Waals surface area contributed by atoms with Crippen LogP contribution < -0.4 is 10.9 Å². The molecular formula is C20H18ClN3O3S. The van der Waals surface area contributed by atoms with Gasteiger partial charge in [0.1, 0.15) is 16.5 Å². The Kier molecular flexibility index (Phi) is 6.76.